The van der Waals surface area contributed by atoms with Crippen molar-refractivity contribution in [3.63, 3.8) is 0 Å². The fourth-order valence-corrected chi connectivity index (χ4v) is 2.15. The molecule has 9 heteroatoms. The summed E-state index contributed by atoms with van der Waals surface area (Å²) in [5.74, 6) is 0.0217. The van der Waals surface area contributed by atoms with Crippen molar-refractivity contribution in [1.29, 1.82) is 5.39 Å². The van der Waals surface area contributed by atoms with Crippen molar-refractivity contribution in [2.45, 2.75) is 0 Å². The van der Waals surface area contributed by atoms with Gasteiger partial charge in [0.15, 0.2) is 4.98 Å². The lowest BCUT2D eigenvalue weighted by molar-refractivity contribution is 0.694. The molecule has 0 fully saturated rings. The minimum absolute atomic E-state index is 0.0217. The normalized spacial score (nSPS) is 10.7. The smallest absolute Gasteiger partial charge is 0.275 e. The predicted octanol–water partition coefficient (Wildman–Crippen LogP) is 1.08. The molecule has 2 aromatic rings. The maximum absolute atomic E-state index is 11.8. The van der Waals surface area contributed by atoms with Gasteiger partial charge in [-0.25, -0.2) is 4.79 Å². The predicted molar refractivity (Wildman–Crippen MR) is 77.2 cm³/mol. The Morgan fingerprint density at radius 2 is 2.15 bits per heavy atom. The average molecular weight is 291 g/mol. The third-order valence-corrected chi connectivity index (χ3v) is 3.45. The largest absolute Gasteiger partial charge is 0.491 e. The standard InChI is InChI=1S/C11H10N6O2S/c1-16-9(15-13-6-7-4-3-5-20-7)8(14-12)10(18)17(2)11(16)19/h3-6H,1-2H3/p+1/b13-6-. The van der Waals surface area contributed by atoms with Crippen molar-refractivity contribution in [3.05, 3.63) is 48.2 Å². The molecule has 0 spiro atoms. The molecule has 0 aromatic carbocycles. The van der Waals surface area contributed by atoms with Gasteiger partial charge in [-0.05, 0) is 11.4 Å². The first-order chi connectivity index (χ1) is 9.56. The molecule has 102 valence electrons. The SMILES string of the molecule is Cn1c(N/N=C\c2cccs2)c([N+]#N)c(=O)n(C)c1=O. The first-order valence-electron chi connectivity index (χ1n) is 5.54. The molecule has 8 nitrogen and oxygen atoms in total. The second-order valence-electron chi connectivity index (χ2n) is 3.89. The lowest BCUT2D eigenvalue weighted by Crippen LogP contribution is -2.37. The minimum atomic E-state index is -0.704. The third-order valence-electron chi connectivity index (χ3n) is 2.65. The molecule has 0 radical (unpaired) electrons. The van der Waals surface area contributed by atoms with E-state index in [0.29, 0.717) is 0 Å². The van der Waals surface area contributed by atoms with Gasteiger partial charge in [-0.2, -0.15) is 5.10 Å². The zero-order valence-electron chi connectivity index (χ0n) is 10.8. The fourth-order valence-electron chi connectivity index (χ4n) is 1.57. The van der Waals surface area contributed by atoms with Gasteiger partial charge in [0.2, 0.25) is 11.2 Å². The van der Waals surface area contributed by atoms with Crippen molar-refractivity contribution in [2.24, 2.45) is 19.2 Å². The van der Waals surface area contributed by atoms with Crippen LogP contribution in [0.2, 0.25) is 0 Å². The Kier molecular flexibility index (Phi) is 3.76. The van der Waals surface area contributed by atoms with E-state index in [4.69, 9.17) is 5.39 Å². The molecule has 2 aromatic heterocycles. The molecule has 0 atom stereocenters. The molecule has 0 saturated heterocycles. The van der Waals surface area contributed by atoms with Crippen LogP contribution in [0.15, 0.2) is 32.2 Å². The van der Waals surface area contributed by atoms with Gasteiger partial charge in [0.05, 0.1) is 6.21 Å². The van der Waals surface area contributed by atoms with Crippen molar-refractivity contribution < 1.29 is 0 Å². The molecular formula is C11H11N6O2S+. The Bertz CT molecular complexity index is 809. The van der Waals surface area contributed by atoms with E-state index in [0.717, 1.165) is 14.0 Å². The van der Waals surface area contributed by atoms with Crippen LogP contribution in [-0.4, -0.2) is 15.3 Å². The van der Waals surface area contributed by atoms with Gasteiger partial charge in [0.25, 0.3) is 0 Å². The quantitative estimate of drug-likeness (QED) is 0.520. The van der Waals surface area contributed by atoms with Crippen LogP contribution in [-0.2, 0) is 14.1 Å². The van der Waals surface area contributed by atoms with Gasteiger partial charge < -0.3 is 0 Å². The number of hydrogen-bond donors (Lipinski definition) is 1. The molecule has 0 aliphatic heterocycles. The van der Waals surface area contributed by atoms with Crippen molar-refractivity contribution >= 4 is 29.1 Å². The summed E-state index contributed by atoms with van der Waals surface area (Å²) in [7, 11) is 2.75. The number of nitrogens with one attached hydrogen (secondary N) is 1. The second-order valence-corrected chi connectivity index (χ2v) is 4.87. The van der Waals surface area contributed by atoms with Gasteiger partial charge in [0, 0.05) is 19.0 Å². The van der Waals surface area contributed by atoms with E-state index in [1.807, 2.05) is 17.5 Å². The van der Waals surface area contributed by atoms with Gasteiger partial charge in [-0.15, -0.1) is 11.3 Å². The van der Waals surface area contributed by atoms with E-state index in [2.05, 4.69) is 15.5 Å². The summed E-state index contributed by atoms with van der Waals surface area (Å²) in [6, 6.07) is 3.73. The van der Waals surface area contributed by atoms with Crippen LogP contribution in [0.1, 0.15) is 4.88 Å². The van der Waals surface area contributed by atoms with Gasteiger partial charge in [0.1, 0.15) is 0 Å². The van der Waals surface area contributed by atoms with Crippen molar-refractivity contribution in [2.75, 3.05) is 5.43 Å². The highest BCUT2D eigenvalue weighted by Gasteiger charge is 2.26. The average Bonchev–Trinajstić information content (AvgIpc) is 2.95. The molecule has 0 aliphatic rings. The molecule has 1 N–H and O–H groups in total. The summed E-state index contributed by atoms with van der Waals surface area (Å²) in [5.41, 5.74) is 1.02. The molecule has 0 saturated carbocycles. The number of aromatic nitrogens is 2. The van der Waals surface area contributed by atoms with Crippen LogP contribution in [0.3, 0.4) is 0 Å². The maximum Gasteiger partial charge on any atom is 0.491 e. The van der Waals surface area contributed by atoms with Crippen LogP contribution < -0.4 is 16.7 Å². The number of anilines is 1. The molecular weight excluding hydrogens is 280 g/mol. The molecule has 0 bridgehead atoms. The lowest BCUT2D eigenvalue weighted by Gasteiger charge is -2.05. The first-order valence-corrected chi connectivity index (χ1v) is 6.42. The summed E-state index contributed by atoms with van der Waals surface area (Å²) < 4.78 is 1.99. The van der Waals surface area contributed by atoms with Crippen LogP contribution in [0.4, 0.5) is 11.5 Å². The van der Waals surface area contributed by atoms with Crippen LogP contribution in [0.25, 0.3) is 4.98 Å². The summed E-state index contributed by atoms with van der Waals surface area (Å²) in [4.78, 5) is 27.4. The molecule has 2 rings (SSSR count). The Hall–Kier alpha value is -2.73. The Labute approximate surface area is 117 Å². The van der Waals surface area contributed by atoms with E-state index >= 15 is 0 Å². The minimum Gasteiger partial charge on any atom is -0.275 e. The molecule has 0 unspecified atom stereocenters. The second kappa shape index (κ2) is 5.50. The lowest BCUT2D eigenvalue weighted by atomic mass is 10.4. The zero-order valence-corrected chi connectivity index (χ0v) is 11.6. The van der Waals surface area contributed by atoms with E-state index in [1.54, 1.807) is 0 Å². The molecule has 0 aliphatic carbocycles. The van der Waals surface area contributed by atoms with Crippen LogP contribution in [0, 0.1) is 5.39 Å². The van der Waals surface area contributed by atoms with Gasteiger partial charge in [-0.1, -0.05) is 6.07 Å². The van der Waals surface area contributed by atoms with Crippen LogP contribution in [0.5, 0.6) is 0 Å². The Morgan fingerprint density at radius 3 is 2.75 bits per heavy atom. The number of hydrazone groups is 1. The highest BCUT2D eigenvalue weighted by Crippen LogP contribution is 2.17. The Balaban J connectivity index is 2.45. The summed E-state index contributed by atoms with van der Waals surface area (Å²) in [6.45, 7) is 0. The monoisotopic (exact) mass is 291 g/mol. The van der Waals surface area contributed by atoms with Crippen molar-refractivity contribution in [1.82, 2.24) is 9.13 Å². The van der Waals surface area contributed by atoms with E-state index < -0.39 is 11.2 Å². The number of rotatable bonds is 3. The Morgan fingerprint density at radius 1 is 1.40 bits per heavy atom. The third kappa shape index (κ3) is 2.36. The maximum atomic E-state index is 11.8. The number of diazo groups is 1. The number of nitrogens with zero attached hydrogens (tertiary/aromatic N) is 5. The highest BCUT2D eigenvalue weighted by atomic mass is 32.1. The van der Waals surface area contributed by atoms with E-state index in [1.165, 1.54) is 31.6 Å². The topological polar surface area (TPSA) is 96.5 Å². The van der Waals surface area contributed by atoms with Gasteiger partial charge in [-0.3, -0.25) is 19.4 Å². The number of thiophene rings is 1. The molecule has 20 heavy (non-hydrogen) atoms. The highest BCUT2D eigenvalue weighted by molar-refractivity contribution is 7.11. The van der Waals surface area contributed by atoms with Crippen LogP contribution >= 0.6 is 11.3 Å². The summed E-state index contributed by atoms with van der Waals surface area (Å²) >= 11 is 1.48. The first kappa shape index (κ1) is 13.7. The van der Waals surface area contributed by atoms with Gasteiger partial charge >= 0.3 is 16.9 Å². The zero-order chi connectivity index (χ0) is 14.7. The fraction of sp³-hybridized carbons (Fsp3) is 0.182. The summed E-state index contributed by atoms with van der Waals surface area (Å²) in [5, 5.41) is 14.7. The van der Waals surface area contributed by atoms with E-state index in [9.17, 15) is 9.59 Å². The number of hydrogen-bond acceptors (Lipinski definition) is 6. The molecule has 0 amide bonds. The van der Waals surface area contributed by atoms with Crippen molar-refractivity contribution in [3.8, 4) is 0 Å². The summed E-state index contributed by atoms with van der Waals surface area (Å²) in [6.07, 6.45) is 1.54. The van der Waals surface area contributed by atoms with E-state index in [-0.39, 0.29) is 11.5 Å². The molecule has 2 heterocycles.